The molecular formula is C26H22N2O7. The topological polar surface area (TPSA) is 138 Å². The highest BCUT2D eigenvalue weighted by Gasteiger charge is 2.29. The van der Waals surface area contributed by atoms with Crippen molar-refractivity contribution < 1.29 is 34.0 Å². The molecule has 0 spiro atoms. The third-order valence-electron chi connectivity index (χ3n) is 4.77. The van der Waals surface area contributed by atoms with E-state index >= 15 is 0 Å². The third kappa shape index (κ3) is 7.00. The number of hydrogen-bond donors (Lipinski definition) is 3. The molecule has 3 aromatic carbocycles. The molecule has 9 nitrogen and oxygen atoms in total. The normalized spacial score (nSPS) is 12.2. The molecular weight excluding hydrogens is 452 g/mol. The monoisotopic (exact) mass is 474 g/mol. The van der Waals surface area contributed by atoms with Crippen LogP contribution in [0.5, 0.6) is 17.2 Å². The lowest BCUT2D eigenvalue weighted by Crippen LogP contribution is -2.29. The van der Waals surface area contributed by atoms with Crippen LogP contribution in [0.4, 0.5) is 10.5 Å². The lowest BCUT2D eigenvalue weighted by molar-refractivity contribution is -0.131. The van der Waals surface area contributed by atoms with Crippen LogP contribution in [0.1, 0.15) is 17.2 Å². The molecule has 0 aromatic heterocycles. The van der Waals surface area contributed by atoms with Gasteiger partial charge in [0.2, 0.25) is 0 Å². The van der Waals surface area contributed by atoms with Crippen LogP contribution in [-0.2, 0) is 9.53 Å². The first-order chi connectivity index (χ1) is 16.9. The molecule has 2 atom stereocenters. The van der Waals surface area contributed by atoms with Crippen molar-refractivity contribution in [3.05, 3.63) is 96.1 Å². The standard InChI is InChI=1S/C26H22N2O7/c1-33-22-12-9-18(15-21(22)29)25(35-26(32)28-19-10-7-17(16-27)8-11-19)23(13-14-24(30)31)34-20-5-3-2-4-6-20/h2-15,23,25,29H,1H3,(H,28,32)(H,30,31)/b14-13+/t23-,25-/m0/s1. The average molecular weight is 474 g/mol. The molecule has 0 saturated heterocycles. The van der Waals surface area contributed by atoms with Crippen molar-refractivity contribution >= 4 is 17.7 Å². The largest absolute Gasteiger partial charge is 0.504 e. The highest BCUT2D eigenvalue weighted by atomic mass is 16.6. The number of rotatable bonds is 9. The highest BCUT2D eigenvalue weighted by molar-refractivity contribution is 5.85. The molecule has 3 aromatic rings. The van der Waals surface area contributed by atoms with Crippen molar-refractivity contribution in [1.29, 1.82) is 5.26 Å². The zero-order valence-corrected chi connectivity index (χ0v) is 18.6. The van der Waals surface area contributed by atoms with E-state index in [4.69, 9.17) is 19.5 Å². The number of benzene rings is 3. The number of anilines is 1. The fourth-order valence-corrected chi connectivity index (χ4v) is 3.13. The van der Waals surface area contributed by atoms with Crippen LogP contribution in [0, 0.1) is 11.3 Å². The van der Waals surface area contributed by atoms with Crippen molar-refractivity contribution in [1.82, 2.24) is 0 Å². The van der Waals surface area contributed by atoms with Gasteiger partial charge in [0.1, 0.15) is 5.75 Å². The van der Waals surface area contributed by atoms with Crippen molar-refractivity contribution in [3.63, 3.8) is 0 Å². The maximum atomic E-state index is 12.8. The van der Waals surface area contributed by atoms with Gasteiger partial charge in [-0.05, 0) is 54.6 Å². The van der Waals surface area contributed by atoms with Crippen molar-refractivity contribution in [2.75, 3.05) is 12.4 Å². The van der Waals surface area contributed by atoms with Gasteiger partial charge in [-0.25, -0.2) is 9.59 Å². The molecule has 0 bridgehead atoms. The van der Waals surface area contributed by atoms with Crippen molar-refractivity contribution in [2.45, 2.75) is 12.2 Å². The van der Waals surface area contributed by atoms with Crippen LogP contribution >= 0.6 is 0 Å². The summed E-state index contributed by atoms with van der Waals surface area (Å²) in [4.78, 5) is 24.0. The smallest absolute Gasteiger partial charge is 0.412 e. The summed E-state index contributed by atoms with van der Waals surface area (Å²) in [5.74, 6) is -0.806. The van der Waals surface area contributed by atoms with Crippen LogP contribution in [0.3, 0.4) is 0 Å². The van der Waals surface area contributed by atoms with E-state index in [1.165, 1.54) is 49.6 Å². The van der Waals surface area contributed by atoms with Crippen molar-refractivity contribution in [2.24, 2.45) is 0 Å². The summed E-state index contributed by atoms with van der Waals surface area (Å²) >= 11 is 0. The number of amides is 1. The molecule has 3 N–H and O–H groups in total. The number of carbonyl (C=O) groups is 2. The molecule has 178 valence electrons. The van der Waals surface area contributed by atoms with Crippen LogP contribution in [-0.4, -0.2) is 35.5 Å². The van der Waals surface area contributed by atoms with E-state index in [0.717, 1.165) is 6.08 Å². The average Bonchev–Trinajstić information content (AvgIpc) is 2.86. The fraction of sp³-hybridized carbons (Fsp3) is 0.115. The van der Waals surface area contributed by atoms with Crippen LogP contribution in [0.25, 0.3) is 0 Å². The summed E-state index contributed by atoms with van der Waals surface area (Å²) in [6.45, 7) is 0. The molecule has 0 fully saturated rings. The molecule has 0 aliphatic carbocycles. The number of carboxylic acid groups (broad SMARTS) is 1. The zero-order chi connectivity index (χ0) is 25.2. The number of ether oxygens (including phenoxy) is 3. The summed E-state index contributed by atoms with van der Waals surface area (Å²) in [5, 5.41) is 31.0. The Labute approximate surface area is 201 Å². The number of hydrogen-bond acceptors (Lipinski definition) is 7. The molecule has 9 heteroatoms. The number of nitrogens with one attached hydrogen (secondary N) is 1. The van der Waals surface area contributed by atoms with E-state index < -0.39 is 24.3 Å². The first-order valence-corrected chi connectivity index (χ1v) is 10.4. The number of aliphatic carboxylic acids is 1. The van der Waals surface area contributed by atoms with Gasteiger partial charge in [0, 0.05) is 17.3 Å². The number of methoxy groups -OCH3 is 1. The number of carbonyl (C=O) groups excluding carboxylic acids is 1. The minimum atomic E-state index is -1.22. The van der Waals surface area contributed by atoms with Crippen molar-refractivity contribution in [3.8, 4) is 23.3 Å². The van der Waals surface area contributed by atoms with E-state index in [9.17, 15) is 19.8 Å². The SMILES string of the molecule is COc1ccc([C@H](OC(=O)Nc2ccc(C#N)cc2)[C@H](/C=C/C(=O)O)Oc2ccccc2)cc1O. The summed E-state index contributed by atoms with van der Waals surface area (Å²) in [7, 11) is 1.39. The zero-order valence-electron chi connectivity index (χ0n) is 18.6. The summed E-state index contributed by atoms with van der Waals surface area (Å²) < 4.78 is 16.7. The lowest BCUT2D eigenvalue weighted by atomic mass is 10.0. The summed E-state index contributed by atoms with van der Waals surface area (Å²) in [6.07, 6.45) is -0.975. The predicted octanol–water partition coefficient (Wildman–Crippen LogP) is 4.65. The molecule has 0 aliphatic heterocycles. The molecule has 0 aliphatic rings. The number of para-hydroxylation sites is 1. The Bertz CT molecular complexity index is 1230. The quantitative estimate of drug-likeness (QED) is 0.381. The van der Waals surface area contributed by atoms with Gasteiger partial charge in [-0.2, -0.15) is 5.26 Å². The minimum absolute atomic E-state index is 0.202. The molecule has 1 amide bonds. The molecule has 0 unspecified atom stereocenters. The maximum absolute atomic E-state index is 12.8. The molecule has 0 saturated carbocycles. The van der Waals surface area contributed by atoms with Crippen LogP contribution < -0.4 is 14.8 Å². The molecule has 0 heterocycles. The third-order valence-corrected chi connectivity index (χ3v) is 4.77. The molecule has 3 rings (SSSR count). The first-order valence-electron chi connectivity index (χ1n) is 10.4. The Morgan fingerprint density at radius 3 is 2.37 bits per heavy atom. The second-order valence-corrected chi connectivity index (χ2v) is 7.16. The van der Waals surface area contributed by atoms with Crippen LogP contribution in [0.2, 0.25) is 0 Å². The fourth-order valence-electron chi connectivity index (χ4n) is 3.13. The number of phenols is 1. The number of aromatic hydroxyl groups is 1. The highest BCUT2D eigenvalue weighted by Crippen LogP contribution is 2.33. The van der Waals surface area contributed by atoms with Crippen LogP contribution in [0.15, 0.2) is 84.9 Å². The Balaban J connectivity index is 1.95. The second-order valence-electron chi connectivity index (χ2n) is 7.16. The number of nitrogens with zero attached hydrogens (tertiary/aromatic N) is 1. The van der Waals surface area contributed by atoms with E-state index in [2.05, 4.69) is 5.32 Å². The number of nitriles is 1. The van der Waals surface area contributed by atoms with Gasteiger partial charge in [0.25, 0.3) is 0 Å². The lowest BCUT2D eigenvalue weighted by Gasteiger charge is -2.26. The first kappa shape index (κ1) is 24.7. The minimum Gasteiger partial charge on any atom is -0.504 e. The van der Waals surface area contributed by atoms with Gasteiger partial charge < -0.3 is 24.4 Å². The molecule has 0 radical (unpaired) electrons. The summed E-state index contributed by atoms with van der Waals surface area (Å²) in [5.41, 5.74) is 1.13. The number of carboxylic acids is 1. The van der Waals surface area contributed by atoms with Gasteiger partial charge in [0.15, 0.2) is 23.7 Å². The van der Waals surface area contributed by atoms with Gasteiger partial charge in [-0.1, -0.05) is 24.3 Å². The Morgan fingerprint density at radius 1 is 1.06 bits per heavy atom. The van der Waals surface area contributed by atoms with E-state index in [0.29, 0.717) is 22.6 Å². The Morgan fingerprint density at radius 2 is 1.77 bits per heavy atom. The van der Waals surface area contributed by atoms with E-state index in [1.807, 2.05) is 6.07 Å². The second kappa shape index (κ2) is 11.8. The number of phenolic OH excluding ortho intramolecular Hbond substituents is 1. The Kier molecular flexibility index (Phi) is 8.29. The van der Waals surface area contributed by atoms with Gasteiger partial charge in [0.05, 0.1) is 18.7 Å². The van der Waals surface area contributed by atoms with E-state index in [-0.39, 0.29) is 11.5 Å². The summed E-state index contributed by atoms with van der Waals surface area (Å²) in [6, 6.07) is 21.1. The van der Waals surface area contributed by atoms with Gasteiger partial charge in [-0.15, -0.1) is 0 Å². The maximum Gasteiger partial charge on any atom is 0.412 e. The molecule has 35 heavy (non-hydrogen) atoms. The van der Waals surface area contributed by atoms with E-state index in [1.54, 1.807) is 36.4 Å². The van der Waals surface area contributed by atoms with Gasteiger partial charge in [-0.3, -0.25) is 5.32 Å². The van der Waals surface area contributed by atoms with Gasteiger partial charge >= 0.3 is 12.1 Å². The Hall–Kier alpha value is -4.97. The predicted molar refractivity (Wildman–Crippen MR) is 126 cm³/mol.